The highest BCUT2D eigenvalue weighted by molar-refractivity contribution is 7.92. The van der Waals surface area contributed by atoms with Crippen LogP contribution >= 0.6 is 0 Å². The van der Waals surface area contributed by atoms with Gasteiger partial charge in [0.05, 0.1) is 10.6 Å². The summed E-state index contributed by atoms with van der Waals surface area (Å²) in [5.74, 6) is 0.0779. The van der Waals surface area contributed by atoms with Crippen LogP contribution in [0.2, 0.25) is 0 Å². The number of carbonyl (C=O) groups is 1. The quantitative estimate of drug-likeness (QED) is 0.217. The molecule has 0 spiro atoms. The SMILES string of the molecule is C.CC(=O)O[C@@H](CN(Cc1ccccc1)C1(C)Cc2cc(C)c(C)cc2C1)c1ccc2cc1NS(=O)(=O)c1cccc(c1)CO2. The minimum absolute atomic E-state index is 0. The van der Waals surface area contributed by atoms with Crippen LogP contribution in [0.1, 0.15) is 66.3 Å². The second kappa shape index (κ2) is 12.7. The Bertz CT molecular complexity index is 1790. The lowest BCUT2D eigenvalue weighted by Crippen LogP contribution is -2.49. The summed E-state index contributed by atoms with van der Waals surface area (Å²) in [6, 6.07) is 26.8. The molecule has 236 valence electrons. The molecule has 0 radical (unpaired) electrons. The Morgan fingerprint density at radius 3 is 2.31 bits per heavy atom. The van der Waals surface area contributed by atoms with E-state index in [1.165, 1.54) is 29.2 Å². The van der Waals surface area contributed by atoms with Crippen LogP contribution in [0.25, 0.3) is 0 Å². The monoisotopic (exact) mass is 626 g/mol. The molecule has 2 aliphatic rings. The third-order valence-electron chi connectivity index (χ3n) is 8.86. The first-order valence-corrected chi connectivity index (χ1v) is 16.4. The zero-order valence-electron chi connectivity index (χ0n) is 25.6. The number of benzene rings is 4. The molecule has 0 fully saturated rings. The van der Waals surface area contributed by atoms with Crippen LogP contribution in [0.3, 0.4) is 0 Å². The molecule has 4 bridgehead atoms. The molecule has 6 rings (SSSR count). The minimum Gasteiger partial charge on any atom is -0.489 e. The summed E-state index contributed by atoms with van der Waals surface area (Å²) < 4.78 is 41.8. The average molecular weight is 627 g/mol. The maximum atomic E-state index is 13.5. The largest absolute Gasteiger partial charge is 0.489 e. The maximum Gasteiger partial charge on any atom is 0.303 e. The molecular formula is C37H42N2O5S. The van der Waals surface area contributed by atoms with Gasteiger partial charge in [0, 0.05) is 37.2 Å². The maximum absolute atomic E-state index is 13.5. The van der Waals surface area contributed by atoms with Gasteiger partial charge in [0.15, 0.2) is 0 Å². The molecule has 0 saturated heterocycles. The Kier molecular flexibility index (Phi) is 9.10. The van der Waals surface area contributed by atoms with Gasteiger partial charge >= 0.3 is 5.97 Å². The van der Waals surface area contributed by atoms with Crippen LogP contribution in [0.4, 0.5) is 5.69 Å². The van der Waals surface area contributed by atoms with Gasteiger partial charge in [-0.05, 0) is 91.3 Å². The van der Waals surface area contributed by atoms with E-state index in [-0.39, 0.29) is 24.5 Å². The van der Waals surface area contributed by atoms with Crippen molar-refractivity contribution in [2.24, 2.45) is 0 Å². The zero-order valence-corrected chi connectivity index (χ0v) is 26.4. The number of esters is 1. The number of hydrogen-bond donors (Lipinski definition) is 1. The summed E-state index contributed by atoms with van der Waals surface area (Å²) in [5.41, 5.74) is 7.76. The second-order valence-corrected chi connectivity index (χ2v) is 14.0. The third kappa shape index (κ3) is 6.92. The molecule has 7 nitrogen and oxygen atoms in total. The summed E-state index contributed by atoms with van der Waals surface area (Å²) in [6.45, 7) is 9.18. The van der Waals surface area contributed by atoms with Crippen molar-refractivity contribution < 1.29 is 22.7 Å². The van der Waals surface area contributed by atoms with Crippen molar-refractivity contribution in [2.45, 2.75) is 77.7 Å². The van der Waals surface area contributed by atoms with Crippen molar-refractivity contribution in [3.63, 3.8) is 0 Å². The van der Waals surface area contributed by atoms with Gasteiger partial charge < -0.3 is 9.47 Å². The van der Waals surface area contributed by atoms with Crippen molar-refractivity contribution in [3.8, 4) is 5.75 Å². The van der Waals surface area contributed by atoms with Gasteiger partial charge in [-0.3, -0.25) is 14.4 Å². The number of sulfonamides is 1. The molecule has 1 aliphatic heterocycles. The molecule has 0 saturated carbocycles. The van der Waals surface area contributed by atoms with Crippen molar-refractivity contribution >= 4 is 21.7 Å². The Hall–Kier alpha value is -4.14. The number of rotatable bonds is 7. The molecule has 0 unspecified atom stereocenters. The fourth-order valence-electron chi connectivity index (χ4n) is 6.42. The molecule has 0 aromatic heterocycles. The Labute approximate surface area is 267 Å². The molecular weight excluding hydrogens is 584 g/mol. The fraction of sp³-hybridized carbons (Fsp3) is 0.324. The minimum atomic E-state index is -3.91. The molecule has 0 amide bonds. The van der Waals surface area contributed by atoms with E-state index in [0.29, 0.717) is 30.1 Å². The summed E-state index contributed by atoms with van der Waals surface area (Å²) in [4.78, 5) is 15.1. The van der Waals surface area contributed by atoms with Gasteiger partial charge in [-0.15, -0.1) is 0 Å². The lowest BCUT2D eigenvalue weighted by atomic mass is 9.93. The van der Waals surface area contributed by atoms with Gasteiger partial charge in [0.1, 0.15) is 18.5 Å². The summed E-state index contributed by atoms with van der Waals surface area (Å²) in [5, 5.41) is 0. The number of nitrogens with one attached hydrogen (secondary N) is 1. The predicted octanol–water partition coefficient (Wildman–Crippen LogP) is 7.30. The fourth-order valence-corrected chi connectivity index (χ4v) is 7.57. The van der Waals surface area contributed by atoms with Crippen LogP contribution in [-0.4, -0.2) is 31.4 Å². The van der Waals surface area contributed by atoms with Gasteiger partial charge in [0.25, 0.3) is 10.0 Å². The third-order valence-corrected chi connectivity index (χ3v) is 10.2. The van der Waals surface area contributed by atoms with Crippen LogP contribution in [0.15, 0.2) is 89.8 Å². The Morgan fingerprint density at radius 1 is 0.956 bits per heavy atom. The average Bonchev–Trinajstić information content (AvgIpc) is 3.31. The van der Waals surface area contributed by atoms with Gasteiger partial charge in [0.2, 0.25) is 0 Å². The summed E-state index contributed by atoms with van der Waals surface area (Å²) >= 11 is 0. The molecule has 45 heavy (non-hydrogen) atoms. The smallest absolute Gasteiger partial charge is 0.303 e. The van der Waals surface area contributed by atoms with Gasteiger partial charge in [-0.1, -0.05) is 62.0 Å². The number of nitrogens with zero attached hydrogens (tertiary/aromatic N) is 1. The van der Waals surface area contributed by atoms with Crippen LogP contribution in [0, 0.1) is 13.8 Å². The van der Waals surface area contributed by atoms with E-state index >= 15 is 0 Å². The van der Waals surface area contributed by atoms with Crippen molar-refractivity contribution in [3.05, 3.63) is 124 Å². The normalized spacial score (nSPS) is 16.4. The van der Waals surface area contributed by atoms with Crippen LogP contribution in [-0.2, 0) is 45.5 Å². The van der Waals surface area contributed by atoms with Crippen molar-refractivity contribution in [2.75, 3.05) is 11.3 Å². The first kappa shape index (κ1) is 32.3. The highest BCUT2D eigenvalue weighted by Crippen LogP contribution is 2.40. The highest BCUT2D eigenvalue weighted by atomic mass is 32.2. The molecule has 1 heterocycles. The first-order valence-electron chi connectivity index (χ1n) is 14.9. The van der Waals surface area contributed by atoms with Crippen LogP contribution < -0.4 is 9.46 Å². The molecule has 8 heteroatoms. The number of carbonyl (C=O) groups excluding carboxylic acids is 1. The Morgan fingerprint density at radius 2 is 1.64 bits per heavy atom. The summed E-state index contributed by atoms with van der Waals surface area (Å²) in [6.07, 6.45) is 0.957. The van der Waals surface area contributed by atoms with E-state index in [9.17, 15) is 13.2 Å². The zero-order chi connectivity index (χ0) is 31.1. The van der Waals surface area contributed by atoms with E-state index in [2.05, 4.69) is 54.7 Å². The standard InChI is InChI=1S/C36H38N2O5S.CH4/c1-24-15-29-19-36(4,20-30(29)16-25(24)2)38(21-27-9-6-5-7-10-27)22-35(43-26(3)39)33-14-13-31-18-34(33)37-44(40,41)32-12-8-11-28(17-32)23-42-31;/h5-18,35,37H,19-23H2,1-4H3;1H4/t35-;/m0./s1. The topological polar surface area (TPSA) is 84.9 Å². The van der Waals surface area contributed by atoms with Gasteiger partial charge in [-0.25, -0.2) is 8.42 Å². The van der Waals surface area contributed by atoms with E-state index < -0.39 is 22.1 Å². The van der Waals surface area contributed by atoms with E-state index in [1.54, 1.807) is 36.4 Å². The van der Waals surface area contributed by atoms with Crippen molar-refractivity contribution in [1.29, 1.82) is 0 Å². The van der Waals surface area contributed by atoms with E-state index in [4.69, 9.17) is 9.47 Å². The van der Waals surface area contributed by atoms with E-state index in [1.807, 2.05) is 24.3 Å². The number of aryl methyl sites for hydroxylation is 2. The number of anilines is 1. The highest BCUT2D eigenvalue weighted by Gasteiger charge is 2.40. The number of hydrogen-bond acceptors (Lipinski definition) is 6. The Balaban J connectivity index is 0.00000400. The lowest BCUT2D eigenvalue weighted by molar-refractivity contribution is -0.148. The molecule has 4 aromatic carbocycles. The predicted molar refractivity (Wildman–Crippen MR) is 178 cm³/mol. The number of fused-ring (bicyclic) bond motifs is 5. The number of ether oxygens (including phenoxy) is 2. The van der Waals surface area contributed by atoms with E-state index in [0.717, 1.165) is 24.0 Å². The van der Waals surface area contributed by atoms with Crippen LogP contribution in [0.5, 0.6) is 5.75 Å². The molecule has 4 aromatic rings. The lowest BCUT2D eigenvalue weighted by Gasteiger charge is -2.41. The summed E-state index contributed by atoms with van der Waals surface area (Å²) in [7, 11) is -3.91. The molecule has 1 atom stereocenters. The molecule has 1 N–H and O–H groups in total. The molecule has 1 aliphatic carbocycles. The van der Waals surface area contributed by atoms with Gasteiger partial charge in [-0.2, -0.15) is 0 Å². The first-order chi connectivity index (χ1) is 21.0. The van der Waals surface area contributed by atoms with Crippen molar-refractivity contribution in [1.82, 2.24) is 4.90 Å². The second-order valence-electron chi connectivity index (χ2n) is 12.3.